The second-order valence-electron chi connectivity index (χ2n) is 8.91. The molecular formula is C22H32BN9OPW. The van der Waals surface area contributed by atoms with Gasteiger partial charge in [0.1, 0.15) is 0 Å². The van der Waals surface area contributed by atoms with E-state index >= 15 is 0 Å². The third-order valence-corrected chi connectivity index (χ3v) is 5.73. The standard InChI is InChI=1S/C10H14N2.C9H9BN6.C3H9P.NO.W/c1-7-8-3-4-10(2,12-7)9(5-8)6-11;1-4-11-14(7-1)10(15-8-2-5-12-15)16-9-3-6-13-16;1-4(2)3;1-2;/h8-9H,3-5H2,1-2H3;1-9H;1-3H3;;/q;-1;;-1;+2/t8-,9-,10+;;;;/m0..../s1. The van der Waals surface area contributed by atoms with Gasteiger partial charge in [-0.1, -0.05) is 0 Å². The van der Waals surface area contributed by atoms with Crippen LogP contribution >= 0.6 is 7.92 Å². The van der Waals surface area contributed by atoms with Gasteiger partial charge in [-0.15, -0.1) is 7.92 Å². The summed E-state index contributed by atoms with van der Waals surface area (Å²) in [6.45, 7) is 10.9. The van der Waals surface area contributed by atoms with E-state index in [4.69, 9.17) is 15.8 Å². The molecule has 185 valence electrons. The fourth-order valence-electron chi connectivity index (χ4n) is 4.11. The molecule has 5 heterocycles. The van der Waals surface area contributed by atoms with Gasteiger partial charge in [0.2, 0.25) is 0 Å². The number of fused-ring (bicyclic) bond motifs is 2. The molecule has 1 saturated carbocycles. The number of rotatable bonds is 3. The Labute approximate surface area is 223 Å². The van der Waals surface area contributed by atoms with Crippen molar-refractivity contribution >= 4 is 20.8 Å². The van der Waals surface area contributed by atoms with Crippen molar-refractivity contribution in [2.24, 2.45) is 16.8 Å². The molecule has 0 unspecified atom stereocenters. The van der Waals surface area contributed by atoms with Crippen molar-refractivity contribution in [3.05, 3.63) is 65.9 Å². The molecule has 1 aliphatic carbocycles. The van der Waals surface area contributed by atoms with E-state index < -0.39 is 0 Å². The Hall–Kier alpha value is -2.43. The normalized spacial score (nSPS) is 21.7. The summed E-state index contributed by atoms with van der Waals surface area (Å²) >= 11 is 0. The second-order valence-corrected chi connectivity index (χ2v) is 11.6. The molecule has 6 rings (SSSR count). The molecule has 0 saturated heterocycles. The van der Waals surface area contributed by atoms with E-state index in [1.165, 1.54) is 12.1 Å². The molecule has 0 N–H and O–H groups in total. The predicted molar refractivity (Wildman–Crippen MR) is 138 cm³/mol. The second kappa shape index (κ2) is 14.9. The fraction of sp³-hybridized carbons (Fsp3) is 0.500. The van der Waals surface area contributed by atoms with E-state index in [9.17, 15) is 0 Å². The summed E-state index contributed by atoms with van der Waals surface area (Å²) in [4.78, 5) is 11.9. The summed E-state index contributed by atoms with van der Waals surface area (Å²) in [5.74, 6) is 0.774. The van der Waals surface area contributed by atoms with E-state index in [0.29, 0.717) is 13.8 Å². The van der Waals surface area contributed by atoms with Crippen LogP contribution in [-0.4, -0.2) is 67.4 Å². The zero-order valence-corrected chi connectivity index (χ0v) is 24.7. The van der Waals surface area contributed by atoms with Crippen LogP contribution < -0.4 is 0 Å². The minimum absolute atomic E-state index is 0. The summed E-state index contributed by atoms with van der Waals surface area (Å²) < 4.78 is 5.38. The molecular weight excluding hydrogens is 632 g/mol. The van der Waals surface area contributed by atoms with Crippen molar-refractivity contribution in [2.75, 3.05) is 20.0 Å². The van der Waals surface area contributed by atoms with Crippen molar-refractivity contribution in [3.63, 3.8) is 0 Å². The van der Waals surface area contributed by atoms with Crippen LogP contribution in [0, 0.1) is 28.1 Å². The van der Waals surface area contributed by atoms with Gasteiger partial charge in [0.15, 0.2) is 0 Å². The molecule has 35 heavy (non-hydrogen) atoms. The Kier molecular flexibility index (Phi) is 13.0. The van der Waals surface area contributed by atoms with Crippen LogP contribution in [0.3, 0.4) is 0 Å². The molecule has 0 aromatic carbocycles. The SMILES string of the molecule is CC1=N[C@]2(C)CC[C@H]1C[C@H]2C#N.CP(C)C.[N-]=O.[W+2].c1cnn([B-](n2cccn2)n2cccn2)c1. The van der Waals surface area contributed by atoms with Crippen molar-refractivity contribution in [3.8, 4) is 6.07 Å². The first-order valence-corrected chi connectivity index (χ1v) is 13.7. The third kappa shape index (κ3) is 8.33. The zero-order chi connectivity index (χ0) is 25.1. The number of hydrogen-bond acceptors (Lipinski definition) is 6. The average Bonchev–Trinajstić information content (AvgIpc) is 3.60. The van der Waals surface area contributed by atoms with Gasteiger partial charge in [-0.05, 0) is 95.8 Å². The van der Waals surface area contributed by atoms with Crippen molar-refractivity contribution in [1.29, 1.82) is 5.26 Å². The first-order valence-electron chi connectivity index (χ1n) is 11.1. The molecule has 0 spiro atoms. The van der Waals surface area contributed by atoms with Gasteiger partial charge in [-0.25, -0.2) is 15.3 Å². The maximum absolute atomic E-state index is 8.95. The minimum atomic E-state index is -0.194. The summed E-state index contributed by atoms with van der Waals surface area (Å²) in [7, 11) is 0.185. The molecule has 3 atom stereocenters. The molecule has 3 aromatic heterocycles. The van der Waals surface area contributed by atoms with Gasteiger partial charge in [-0.2, -0.15) is 5.26 Å². The van der Waals surface area contributed by atoms with Crippen LogP contribution in [0.4, 0.5) is 0 Å². The number of hydrogen-bond donors (Lipinski definition) is 0. The Morgan fingerprint density at radius 1 is 1.03 bits per heavy atom. The molecule has 1 radical (unpaired) electrons. The van der Waals surface area contributed by atoms with Crippen LogP contribution in [0.2, 0.25) is 0 Å². The Balaban J connectivity index is 0.000000287. The van der Waals surface area contributed by atoms with Gasteiger partial charge < -0.3 is 24.3 Å². The molecule has 1 fully saturated rings. The monoisotopic (exact) mass is 664 g/mol. The Morgan fingerprint density at radius 2 is 1.46 bits per heavy atom. The van der Waals surface area contributed by atoms with Crippen molar-refractivity contribution in [1.82, 2.24) is 29.1 Å². The van der Waals surface area contributed by atoms with E-state index in [1.54, 1.807) is 32.4 Å². The summed E-state index contributed by atoms with van der Waals surface area (Å²) in [5.41, 5.74) is 6.98. The molecule has 10 nitrogen and oxygen atoms in total. The molecule has 2 aliphatic heterocycles. The van der Waals surface area contributed by atoms with Crippen LogP contribution in [-0.2, 0) is 21.1 Å². The topological polar surface area (TPSA) is 129 Å². The molecule has 13 heteroatoms. The first kappa shape index (κ1) is 30.6. The van der Waals surface area contributed by atoms with Gasteiger partial charge in [0, 0.05) is 24.3 Å². The summed E-state index contributed by atoms with van der Waals surface area (Å²) in [6.07, 6.45) is 14.2. The third-order valence-electron chi connectivity index (χ3n) is 5.73. The van der Waals surface area contributed by atoms with Crippen LogP contribution in [0.15, 0.2) is 60.4 Å². The molecule has 3 aliphatic rings. The van der Waals surface area contributed by atoms with Crippen LogP contribution in [0.1, 0.15) is 33.1 Å². The van der Waals surface area contributed by atoms with Gasteiger partial charge in [-0.3, -0.25) is 4.99 Å². The van der Waals surface area contributed by atoms with E-state index in [1.807, 2.05) is 36.8 Å². The van der Waals surface area contributed by atoms with Gasteiger partial charge >= 0.3 is 21.1 Å². The van der Waals surface area contributed by atoms with Crippen molar-refractivity contribution < 1.29 is 21.1 Å². The Bertz CT molecular complexity index is 954. The number of aromatic nitrogens is 6. The summed E-state index contributed by atoms with van der Waals surface area (Å²) in [5, 5.41) is 21.6. The van der Waals surface area contributed by atoms with Crippen molar-refractivity contribution in [2.45, 2.75) is 38.6 Å². The first-order chi connectivity index (χ1) is 16.3. The number of nitrogens with zero attached hydrogens (tertiary/aromatic N) is 9. The number of aliphatic imine (C=N–C) groups is 1. The largest absolute Gasteiger partial charge is 2.00 e. The molecule has 0 amide bonds. The van der Waals surface area contributed by atoms with E-state index in [-0.39, 0.29) is 39.6 Å². The molecule has 2 bridgehead atoms. The van der Waals surface area contributed by atoms with Gasteiger partial charge in [0.25, 0.3) is 7.12 Å². The zero-order valence-electron chi connectivity index (χ0n) is 20.8. The smallest absolute Gasteiger partial charge is 0.577 e. The minimum Gasteiger partial charge on any atom is -0.577 e. The molecule has 3 aromatic rings. The van der Waals surface area contributed by atoms with Crippen LogP contribution in [0.25, 0.3) is 5.59 Å². The van der Waals surface area contributed by atoms with E-state index in [0.717, 1.165) is 12.8 Å². The summed E-state index contributed by atoms with van der Waals surface area (Å²) in [6, 6.07) is 8.01. The fourth-order valence-corrected chi connectivity index (χ4v) is 4.11. The van der Waals surface area contributed by atoms with Crippen LogP contribution in [0.5, 0.6) is 0 Å². The number of nitroso groups, excluding NO2 is 1. The predicted octanol–water partition coefficient (Wildman–Crippen LogP) is 4.04. The average molecular weight is 664 g/mol. The quantitative estimate of drug-likeness (QED) is 0.309. The Morgan fingerprint density at radius 3 is 1.74 bits per heavy atom. The number of nitriles is 1. The van der Waals surface area contributed by atoms with Gasteiger partial charge in [0.05, 0.1) is 17.5 Å². The maximum Gasteiger partial charge on any atom is 2.00 e. The maximum atomic E-state index is 8.95. The van der Waals surface area contributed by atoms with E-state index in [2.05, 4.69) is 60.2 Å².